The van der Waals surface area contributed by atoms with E-state index in [2.05, 4.69) is 0 Å². The SMILES string of the molecule is COCCN(CC(=O)N1N=C(c2cccn2C)C[C@H]1c1ccc(Cl)cc1)C(=O)c1cccs1. The van der Waals surface area contributed by atoms with Crippen molar-refractivity contribution < 1.29 is 14.3 Å². The molecule has 0 aliphatic carbocycles. The van der Waals surface area contributed by atoms with Crippen LogP contribution >= 0.6 is 22.9 Å². The van der Waals surface area contributed by atoms with Crippen molar-refractivity contribution >= 4 is 40.5 Å². The third-order valence-electron chi connectivity index (χ3n) is 5.57. The van der Waals surface area contributed by atoms with E-state index < -0.39 is 0 Å². The Labute approximate surface area is 201 Å². The van der Waals surface area contributed by atoms with Crippen LogP contribution in [0.2, 0.25) is 5.02 Å². The summed E-state index contributed by atoms with van der Waals surface area (Å²) in [5, 5.41) is 8.69. The summed E-state index contributed by atoms with van der Waals surface area (Å²) in [6, 6.07) is 14.7. The highest BCUT2D eigenvalue weighted by molar-refractivity contribution is 7.12. The summed E-state index contributed by atoms with van der Waals surface area (Å²) in [4.78, 5) is 28.6. The predicted molar refractivity (Wildman–Crippen MR) is 130 cm³/mol. The van der Waals surface area contributed by atoms with Gasteiger partial charge in [0.25, 0.3) is 11.8 Å². The molecule has 33 heavy (non-hydrogen) atoms. The van der Waals surface area contributed by atoms with Crippen LogP contribution in [0.1, 0.15) is 33.4 Å². The van der Waals surface area contributed by atoms with Gasteiger partial charge in [-0.1, -0.05) is 29.8 Å². The van der Waals surface area contributed by atoms with Gasteiger partial charge in [0.15, 0.2) is 0 Å². The van der Waals surface area contributed by atoms with Crippen molar-refractivity contribution in [2.45, 2.75) is 12.5 Å². The number of aryl methyl sites for hydroxylation is 1. The number of halogens is 1. The lowest BCUT2D eigenvalue weighted by atomic mass is 10.0. The molecule has 9 heteroatoms. The smallest absolute Gasteiger partial charge is 0.264 e. The molecular formula is C24H25ClN4O3S. The fraction of sp³-hybridized carbons (Fsp3) is 0.292. The number of rotatable bonds is 8. The Morgan fingerprint density at radius 2 is 2.00 bits per heavy atom. The topological polar surface area (TPSA) is 67.1 Å². The minimum atomic E-state index is -0.277. The largest absolute Gasteiger partial charge is 0.383 e. The summed E-state index contributed by atoms with van der Waals surface area (Å²) in [6.07, 6.45) is 2.52. The van der Waals surface area contributed by atoms with E-state index in [1.54, 1.807) is 13.2 Å². The van der Waals surface area contributed by atoms with Crippen molar-refractivity contribution in [2.24, 2.45) is 12.1 Å². The van der Waals surface area contributed by atoms with Crippen LogP contribution < -0.4 is 0 Å². The monoisotopic (exact) mass is 484 g/mol. The zero-order chi connectivity index (χ0) is 23.4. The van der Waals surface area contributed by atoms with Gasteiger partial charge in [-0.3, -0.25) is 9.59 Å². The molecule has 0 radical (unpaired) electrons. The molecule has 172 valence electrons. The highest BCUT2D eigenvalue weighted by Crippen LogP contribution is 2.33. The van der Waals surface area contributed by atoms with E-state index in [4.69, 9.17) is 21.4 Å². The molecule has 0 fully saturated rings. The first-order valence-corrected chi connectivity index (χ1v) is 11.8. The standard InChI is InChI=1S/C24H25ClN4O3S/c1-27-11-3-5-20(27)19-15-21(17-7-9-18(25)10-8-17)29(26-19)23(30)16-28(12-13-32-2)24(31)22-6-4-14-33-22/h3-11,14,21H,12-13,15-16H2,1-2H3/t21-/m0/s1. The second kappa shape index (κ2) is 10.3. The van der Waals surface area contributed by atoms with Crippen LogP contribution in [0, 0.1) is 0 Å². The summed E-state index contributed by atoms with van der Waals surface area (Å²) in [6.45, 7) is 0.559. The summed E-state index contributed by atoms with van der Waals surface area (Å²) in [7, 11) is 3.52. The number of amides is 2. The molecule has 0 saturated heterocycles. The van der Waals surface area contributed by atoms with Crippen LogP contribution in [0.15, 0.2) is 65.2 Å². The van der Waals surface area contributed by atoms with Gasteiger partial charge in [-0.15, -0.1) is 11.3 Å². The number of aromatic nitrogens is 1. The highest BCUT2D eigenvalue weighted by Gasteiger charge is 2.35. The van der Waals surface area contributed by atoms with Gasteiger partial charge in [0, 0.05) is 38.3 Å². The second-order valence-corrected chi connectivity index (χ2v) is 9.14. The first-order valence-electron chi connectivity index (χ1n) is 10.6. The van der Waals surface area contributed by atoms with Crippen molar-refractivity contribution in [3.05, 3.63) is 81.3 Å². The number of carbonyl (C=O) groups excluding carboxylic acids is 2. The number of ether oxygens (including phenoxy) is 1. The molecular weight excluding hydrogens is 460 g/mol. The van der Waals surface area contributed by atoms with Crippen LogP contribution in [-0.2, 0) is 16.6 Å². The normalized spacial score (nSPS) is 15.5. The third kappa shape index (κ3) is 5.19. The number of nitrogens with zero attached hydrogens (tertiary/aromatic N) is 4. The average molecular weight is 485 g/mol. The molecule has 1 aromatic carbocycles. The second-order valence-electron chi connectivity index (χ2n) is 7.76. The molecule has 1 aliphatic heterocycles. The maximum Gasteiger partial charge on any atom is 0.264 e. The molecule has 0 saturated carbocycles. The van der Waals surface area contributed by atoms with E-state index in [0.29, 0.717) is 29.5 Å². The molecule has 2 aromatic heterocycles. The van der Waals surface area contributed by atoms with Gasteiger partial charge in [-0.2, -0.15) is 5.10 Å². The number of hydrazone groups is 1. The molecule has 2 amide bonds. The Hall–Kier alpha value is -2.94. The minimum absolute atomic E-state index is 0.0892. The van der Waals surface area contributed by atoms with E-state index in [1.165, 1.54) is 21.2 Å². The zero-order valence-electron chi connectivity index (χ0n) is 18.5. The van der Waals surface area contributed by atoms with Crippen molar-refractivity contribution in [3.63, 3.8) is 0 Å². The van der Waals surface area contributed by atoms with Gasteiger partial charge in [0.2, 0.25) is 0 Å². The molecule has 0 bridgehead atoms. The molecule has 7 nitrogen and oxygen atoms in total. The van der Waals surface area contributed by atoms with Gasteiger partial charge in [0.05, 0.1) is 28.9 Å². The molecule has 1 atom stereocenters. The highest BCUT2D eigenvalue weighted by atomic mass is 35.5. The van der Waals surface area contributed by atoms with E-state index in [9.17, 15) is 9.59 Å². The number of carbonyl (C=O) groups is 2. The Bertz CT molecular complexity index is 1140. The molecule has 1 aliphatic rings. The maximum atomic E-state index is 13.5. The quantitative estimate of drug-likeness (QED) is 0.481. The van der Waals surface area contributed by atoms with E-state index in [-0.39, 0.29) is 24.4 Å². The number of thiophene rings is 1. The minimum Gasteiger partial charge on any atom is -0.383 e. The average Bonchev–Trinajstić information content (AvgIpc) is 3.57. The van der Waals surface area contributed by atoms with Gasteiger partial charge < -0.3 is 14.2 Å². The van der Waals surface area contributed by atoms with Gasteiger partial charge in [-0.25, -0.2) is 5.01 Å². The molecule has 0 unspecified atom stereocenters. The summed E-state index contributed by atoms with van der Waals surface area (Å²) in [5.74, 6) is -0.440. The Morgan fingerprint density at radius 3 is 2.64 bits per heavy atom. The lowest BCUT2D eigenvalue weighted by Crippen LogP contribution is -2.42. The summed E-state index contributed by atoms with van der Waals surface area (Å²) in [5.41, 5.74) is 2.72. The molecule has 0 N–H and O–H groups in total. The van der Waals surface area contributed by atoms with Crippen molar-refractivity contribution in [3.8, 4) is 0 Å². The fourth-order valence-electron chi connectivity index (χ4n) is 3.85. The van der Waals surface area contributed by atoms with Gasteiger partial charge >= 0.3 is 0 Å². The van der Waals surface area contributed by atoms with E-state index >= 15 is 0 Å². The van der Waals surface area contributed by atoms with Crippen LogP contribution in [0.4, 0.5) is 0 Å². The first kappa shape index (κ1) is 23.2. The van der Waals surface area contributed by atoms with Crippen molar-refractivity contribution in [2.75, 3.05) is 26.8 Å². The summed E-state index contributed by atoms with van der Waals surface area (Å²) < 4.78 is 7.15. The van der Waals surface area contributed by atoms with Crippen molar-refractivity contribution in [1.82, 2.24) is 14.5 Å². The molecule has 3 heterocycles. The predicted octanol–water partition coefficient (Wildman–Crippen LogP) is 4.21. The van der Waals surface area contributed by atoms with Crippen molar-refractivity contribution in [1.29, 1.82) is 0 Å². The molecule has 0 spiro atoms. The van der Waals surface area contributed by atoms with Crippen LogP contribution in [0.5, 0.6) is 0 Å². The third-order valence-corrected chi connectivity index (χ3v) is 6.68. The van der Waals surface area contributed by atoms with Crippen LogP contribution in [0.3, 0.4) is 0 Å². The lowest BCUT2D eigenvalue weighted by Gasteiger charge is -2.26. The Kier molecular flexibility index (Phi) is 7.27. The van der Waals surface area contributed by atoms with E-state index in [1.807, 2.05) is 65.7 Å². The lowest BCUT2D eigenvalue weighted by molar-refractivity contribution is -0.133. The molecule has 4 rings (SSSR count). The van der Waals surface area contributed by atoms with Gasteiger partial charge in [-0.05, 0) is 41.3 Å². The van der Waals surface area contributed by atoms with Crippen LogP contribution in [-0.4, -0.2) is 58.8 Å². The summed E-state index contributed by atoms with van der Waals surface area (Å²) >= 11 is 7.43. The number of hydrogen-bond donors (Lipinski definition) is 0. The fourth-order valence-corrected chi connectivity index (χ4v) is 4.66. The first-order chi connectivity index (χ1) is 16.0. The maximum absolute atomic E-state index is 13.5. The Morgan fingerprint density at radius 1 is 1.21 bits per heavy atom. The van der Waals surface area contributed by atoms with Crippen LogP contribution in [0.25, 0.3) is 0 Å². The number of hydrogen-bond acceptors (Lipinski definition) is 5. The van der Waals surface area contributed by atoms with E-state index in [0.717, 1.165) is 17.0 Å². The zero-order valence-corrected chi connectivity index (χ0v) is 20.1. The number of methoxy groups -OCH3 is 1. The number of benzene rings is 1. The Balaban J connectivity index is 1.61. The van der Waals surface area contributed by atoms with Gasteiger partial charge in [0.1, 0.15) is 6.54 Å². The molecule has 3 aromatic rings.